The smallest absolute Gasteiger partial charge is 0.167 e. The average Bonchev–Trinajstić information content (AvgIpc) is 2.90. The summed E-state index contributed by atoms with van der Waals surface area (Å²) in [5.74, 6) is 1.76. The SMILES string of the molecule is CC(C)=CC(/C=C(\C)C(C)C)=Nc1nc(C2=CC=CCC(C)=C2)nc2c1cnn2C. The van der Waals surface area contributed by atoms with Crippen LogP contribution < -0.4 is 0 Å². The Balaban J connectivity index is 2.24. The minimum absolute atomic E-state index is 0.455. The first-order chi connectivity index (χ1) is 14.2. The molecule has 2 heterocycles. The molecule has 0 spiro atoms. The van der Waals surface area contributed by atoms with Gasteiger partial charge in [0.1, 0.15) is 0 Å². The van der Waals surface area contributed by atoms with E-state index in [4.69, 9.17) is 15.0 Å². The van der Waals surface area contributed by atoms with Crippen molar-refractivity contribution >= 4 is 28.1 Å². The third-order valence-electron chi connectivity index (χ3n) is 5.04. The molecular formula is C25H31N5. The number of aliphatic imine (C=N–C) groups is 1. The standard InChI is InChI=1S/C25H31N5/c1-16(2)12-21(14-19(6)17(3)4)27-24-22-15-26-30(7)25(22)29-23(28-24)20-11-9-8-10-18(5)13-20/h8-9,11-15,17H,10H2,1-7H3/b19-14+,27-21?. The molecule has 156 valence electrons. The van der Waals surface area contributed by atoms with Gasteiger partial charge in [0, 0.05) is 12.6 Å². The molecule has 5 heteroatoms. The molecule has 1 aliphatic carbocycles. The number of aryl methyl sites for hydroxylation is 1. The summed E-state index contributed by atoms with van der Waals surface area (Å²) in [5, 5.41) is 5.25. The fourth-order valence-corrected chi connectivity index (χ4v) is 3.08. The van der Waals surface area contributed by atoms with Crippen LogP contribution in [-0.2, 0) is 7.05 Å². The summed E-state index contributed by atoms with van der Waals surface area (Å²) >= 11 is 0. The molecule has 2 aromatic rings. The van der Waals surface area contributed by atoms with E-state index < -0.39 is 0 Å². The Morgan fingerprint density at radius 2 is 1.93 bits per heavy atom. The van der Waals surface area contributed by atoms with Crippen LogP contribution in [0.2, 0.25) is 0 Å². The van der Waals surface area contributed by atoms with E-state index in [-0.39, 0.29) is 0 Å². The first kappa shape index (κ1) is 21.6. The number of rotatable bonds is 5. The zero-order chi connectivity index (χ0) is 21.8. The van der Waals surface area contributed by atoms with Gasteiger partial charge in [-0.15, -0.1) is 0 Å². The maximum absolute atomic E-state index is 4.95. The maximum atomic E-state index is 4.95. The number of fused-ring (bicyclic) bond motifs is 1. The second kappa shape index (κ2) is 9.16. The molecule has 0 N–H and O–H groups in total. The topological polar surface area (TPSA) is 56.0 Å². The van der Waals surface area contributed by atoms with Crippen molar-refractivity contribution in [3.63, 3.8) is 0 Å². The van der Waals surface area contributed by atoms with Crippen LogP contribution in [0.5, 0.6) is 0 Å². The van der Waals surface area contributed by atoms with Gasteiger partial charge < -0.3 is 0 Å². The van der Waals surface area contributed by atoms with Gasteiger partial charge in [0.25, 0.3) is 0 Å². The lowest BCUT2D eigenvalue weighted by Crippen LogP contribution is -2.00. The molecule has 1 aliphatic rings. The van der Waals surface area contributed by atoms with Gasteiger partial charge in [-0.25, -0.2) is 15.0 Å². The van der Waals surface area contributed by atoms with Gasteiger partial charge in [-0.3, -0.25) is 4.68 Å². The molecule has 0 radical (unpaired) electrons. The van der Waals surface area contributed by atoms with Crippen LogP contribution in [0.3, 0.4) is 0 Å². The van der Waals surface area contributed by atoms with E-state index in [0.717, 1.165) is 28.7 Å². The summed E-state index contributed by atoms with van der Waals surface area (Å²) < 4.78 is 1.78. The molecule has 0 unspecified atom stereocenters. The molecule has 0 atom stereocenters. The Hall–Kier alpha value is -3.08. The van der Waals surface area contributed by atoms with Crippen molar-refractivity contribution < 1.29 is 0 Å². The number of aromatic nitrogens is 4. The van der Waals surface area contributed by atoms with Gasteiger partial charge in [0.2, 0.25) is 0 Å². The van der Waals surface area contributed by atoms with Gasteiger partial charge >= 0.3 is 0 Å². The first-order valence-corrected chi connectivity index (χ1v) is 10.4. The molecule has 3 rings (SSSR count). The minimum atomic E-state index is 0.455. The van der Waals surface area contributed by atoms with Crippen molar-refractivity contribution in [2.45, 2.75) is 48.0 Å². The van der Waals surface area contributed by atoms with Gasteiger partial charge in [0.15, 0.2) is 17.3 Å². The number of allylic oxidation sites excluding steroid dienone is 10. The Morgan fingerprint density at radius 1 is 1.17 bits per heavy atom. The summed E-state index contributed by atoms with van der Waals surface area (Å²) in [6, 6.07) is 0. The van der Waals surface area contributed by atoms with E-state index in [1.807, 2.05) is 7.05 Å². The highest BCUT2D eigenvalue weighted by atomic mass is 15.3. The Labute approximate surface area is 179 Å². The average molecular weight is 402 g/mol. The van der Waals surface area contributed by atoms with Crippen LogP contribution in [0.1, 0.15) is 53.8 Å². The van der Waals surface area contributed by atoms with Crippen molar-refractivity contribution in [3.05, 3.63) is 65.2 Å². The monoisotopic (exact) mass is 401 g/mol. The van der Waals surface area contributed by atoms with E-state index >= 15 is 0 Å². The van der Waals surface area contributed by atoms with Crippen LogP contribution >= 0.6 is 0 Å². The Morgan fingerprint density at radius 3 is 2.63 bits per heavy atom. The molecule has 0 aliphatic heterocycles. The third kappa shape index (κ3) is 5.09. The van der Waals surface area contributed by atoms with Gasteiger partial charge in [-0.05, 0) is 52.2 Å². The van der Waals surface area contributed by atoms with Crippen molar-refractivity contribution in [1.82, 2.24) is 19.7 Å². The Kier molecular flexibility index (Phi) is 6.60. The number of nitrogens with zero attached hydrogens (tertiary/aromatic N) is 5. The molecule has 2 aromatic heterocycles. The predicted molar refractivity (Wildman–Crippen MR) is 127 cm³/mol. The first-order valence-electron chi connectivity index (χ1n) is 10.4. The summed E-state index contributed by atoms with van der Waals surface area (Å²) in [6.07, 6.45) is 15.4. The Bertz CT molecular complexity index is 1130. The van der Waals surface area contributed by atoms with E-state index in [1.54, 1.807) is 10.9 Å². The fourth-order valence-electron chi connectivity index (χ4n) is 3.08. The summed E-state index contributed by atoms with van der Waals surface area (Å²) in [7, 11) is 1.90. The molecule has 0 fully saturated rings. The quantitative estimate of drug-likeness (QED) is 0.553. The molecular weight excluding hydrogens is 370 g/mol. The predicted octanol–water partition coefficient (Wildman–Crippen LogP) is 6.29. The molecule has 0 aromatic carbocycles. The summed E-state index contributed by atoms with van der Waals surface area (Å²) in [4.78, 5) is 14.6. The summed E-state index contributed by atoms with van der Waals surface area (Å²) in [6.45, 7) is 12.8. The highest BCUT2D eigenvalue weighted by molar-refractivity contribution is 6.07. The van der Waals surface area contributed by atoms with Crippen molar-refractivity contribution in [2.24, 2.45) is 18.0 Å². The molecule has 0 bridgehead atoms. The highest BCUT2D eigenvalue weighted by Gasteiger charge is 2.14. The second-order valence-electron chi connectivity index (χ2n) is 8.42. The molecule has 5 nitrogen and oxygen atoms in total. The lowest BCUT2D eigenvalue weighted by atomic mass is 10.0. The maximum Gasteiger partial charge on any atom is 0.167 e. The number of hydrogen-bond acceptors (Lipinski definition) is 4. The molecule has 30 heavy (non-hydrogen) atoms. The lowest BCUT2D eigenvalue weighted by molar-refractivity contribution is 0.771. The van der Waals surface area contributed by atoms with E-state index in [0.29, 0.717) is 17.6 Å². The number of hydrogen-bond donors (Lipinski definition) is 0. The summed E-state index contributed by atoms with van der Waals surface area (Å²) in [5.41, 5.74) is 6.39. The molecule has 0 saturated carbocycles. The van der Waals surface area contributed by atoms with Crippen molar-refractivity contribution in [1.29, 1.82) is 0 Å². The van der Waals surface area contributed by atoms with Crippen LogP contribution in [0.15, 0.2) is 64.4 Å². The van der Waals surface area contributed by atoms with Crippen LogP contribution in [0.25, 0.3) is 16.6 Å². The van der Waals surface area contributed by atoms with E-state index in [1.165, 1.54) is 16.7 Å². The zero-order valence-electron chi connectivity index (χ0n) is 19.1. The lowest BCUT2D eigenvalue weighted by Gasteiger charge is -2.08. The van der Waals surface area contributed by atoms with Gasteiger partial charge in [0.05, 0.1) is 17.3 Å². The zero-order valence-corrected chi connectivity index (χ0v) is 19.1. The van der Waals surface area contributed by atoms with E-state index in [2.05, 4.69) is 83.1 Å². The minimum Gasteiger partial charge on any atom is -0.250 e. The largest absolute Gasteiger partial charge is 0.250 e. The third-order valence-corrected chi connectivity index (χ3v) is 5.04. The van der Waals surface area contributed by atoms with Crippen molar-refractivity contribution in [3.8, 4) is 0 Å². The van der Waals surface area contributed by atoms with Crippen molar-refractivity contribution in [2.75, 3.05) is 0 Å². The molecule has 0 saturated heterocycles. The van der Waals surface area contributed by atoms with Gasteiger partial charge in [-0.1, -0.05) is 54.9 Å². The molecule has 0 amide bonds. The normalized spacial score (nSPS) is 15.3. The van der Waals surface area contributed by atoms with E-state index in [9.17, 15) is 0 Å². The van der Waals surface area contributed by atoms with Crippen LogP contribution in [-0.4, -0.2) is 25.5 Å². The second-order valence-corrected chi connectivity index (χ2v) is 8.42. The van der Waals surface area contributed by atoms with Gasteiger partial charge in [-0.2, -0.15) is 5.10 Å². The highest BCUT2D eigenvalue weighted by Crippen LogP contribution is 2.27. The fraction of sp³-hybridized carbons (Fsp3) is 0.360. The van der Waals surface area contributed by atoms with Crippen LogP contribution in [0, 0.1) is 5.92 Å². The van der Waals surface area contributed by atoms with Crippen LogP contribution in [0.4, 0.5) is 5.82 Å².